The molecule has 4 nitrogen and oxygen atoms in total. The fourth-order valence-corrected chi connectivity index (χ4v) is 4.96. The molecule has 0 radical (unpaired) electrons. The first-order chi connectivity index (χ1) is 12.1. The summed E-state index contributed by atoms with van der Waals surface area (Å²) in [6.45, 7) is 3.61. The summed E-state index contributed by atoms with van der Waals surface area (Å²) in [7, 11) is 0. The Kier molecular flexibility index (Phi) is 2.85. The first-order valence-corrected chi connectivity index (χ1v) is 8.67. The molecule has 2 bridgehead atoms. The van der Waals surface area contributed by atoms with E-state index in [-0.39, 0.29) is 35.5 Å². The van der Waals surface area contributed by atoms with E-state index in [1.807, 2.05) is 24.3 Å². The van der Waals surface area contributed by atoms with Crippen molar-refractivity contribution in [3.05, 3.63) is 70.8 Å². The van der Waals surface area contributed by atoms with Gasteiger partial charge in [-0.2, -0.15) is 10.1 Å². The van der Waals surface area contributed by atoms with Crippen LogP contribution in [0, 0.1) is 11.8 Å². The molecular weight excluding hydrogens is 312 g/mol. The molecule has 2 atom stereocenters. The van der Waals surface area contributed by atoms with Gasteiger partial charge in [0.1, 0.15) is 0 Å². The molecule has 0 spiro atoms. The van der Waals surface area contributed by atoms with Crippen LogP contribution in [0.5, 0.6) is 0 Å². The topological polar surface area (TPSA) is 49.7 Å². The van der Waals surface area contributed by atoms with E-state index >= 15 is 0 Å². The number of nitrogens with zero attached hydrogens (tertiary/aromatic N) is 2. The smallest absolute Gasteiger partial charge is 0.254 e. The molecule has 2 aromatic carbocycles. The van der Waals surface area contributed by atoms with Gasteiger partial charge in [0.05, 0.1) is 11.8 Å². The van der Waals surface area contributed by atoms with Gasteiger partial charge in [-0.3, -0.25) is 9.59 Å². The molecule has 2 aromatic rings. The fraction of sp³-hybridized carbons (Fsp3) is 0.286. The van der Waals surface area contributed by atoms with Crippen molar-refractivity contribution in [1.29, 1.82) is 0 Å². The number of hydrogen-bond donors (Lipinski definition) is 0. The summed E-state index contributed by atoms with van der Waals surface area (Å²) < 4.78 is 0. The second kappa shape index (κ2) is 4.88. The number of hydrazone groups is 1. The quantitative estimate of drug-likeness (QED) is 0.595. The second-order valence-electron chi connectivity index (χ2n) is 7.30. The summed E-state index contributed by atoms with van der Waals surface area (Å²) in [6.07, 6.45) is 0. The molecule has 0 aromatic heterocycles. The zero-order valence-corrected chi connectivity index (χ0v) is 14.1. The Morgan fingerprint density at radius 2 is 1.12 bits per heavy atom. The maximum absolute atomic E-state index is 13.1. The minimum atomic E-state index is -0.342. The summed E-state index contributed by atoms with van der Waals surface area (Å²) in [4.78, 5) is 26.2. The van der Waals surface area contributed by atoms with Crippen molar-refractivity contribution >= 4 is 17.5 Å². The lowest BCUT2D eigenvalue weighted by molar-refractivity contribution is -0.140. The van der Waals surface area contributed by atoms with Crippen LogP contribution in [0.1, 0.15) is 47.9 Å². The molecule has 1 saturated heterocycles. The molecule has 0 N–H and O–H groups in total. The minimum Gasteiger partial charge on any atom is -0.272 e. The zero-order chi connectivity index (χ0) is 17.3. The van der Waals surface area contributed by atoms with Crippen LogP contribution in [0.25, 0.3) is 0 Å². The van der Waals surface area contributed by atoms with Crippen molar-refractivity contribution in [2.75, 3.05) is 0 Å². The standard InChI is InChI=1S/C21H18N2O2/c1-11(2)22-23-20(24)18-16-12-7-3-4-8-13(12)17(19(18)21(23)25)15-10-6-5-9-14(15)16/h3-10,16-19H,1-2H3/t16?,17?,18-,19+. The third kappa shape index (κ3) is 1.74. The molecule has 124 valence electrons. The lowest BCUT2D eigenvalue weighted by Gasteiger charge is -2.45. The normalized spacial score (nSPS) is 28.5. The van der Waals surface area contributed by atoms with Gasteiger partial charge in [-0.1, -0.05) is 48.5 Å². The van der Waals surface area contributed by atoms with E-state index < -0.39 is 0 Å². The molecule has 3 aliphatic carbocycles. The van der Waals surface area contributed by atoms with Crippen LogP contribution in [-0.2, 0) is 9.59 Å². The van der Waals surface area contributed by atoms with E-state index in [4.69, 9.17) is 0 Å². The van der Waals surface area contributed by atoms with Gasteiger partial charge in [0, 0.05) is 17.5 Å². The van der Waals surface area contributed by atoms with Gasteiger partial charge in [0.2, 0.25) is 0 Å². The van der Waals surface area contributed by atoms with Crippen LogP contribution in [0.2, 0.25) is 0 Å². The Balaban J connectivity index is 1.77. The van der Waals surface area contributed by atoms with Crippen LogP contribution >= 0.6 is 0 Å². The molecule has 0 unspecified atom stereocenters. The SMILES string of the molecule is CC(C)=NN1C(=O)[C@@H]2C3c4ccccc4C(c4ccccc43)[C@@H]2C1=O. The Hall–Kier alpha value is -2.75. The van der Waals surface area contributed by atoms with Crippen molar-refractivity contribution in [2.45, 2.75) is 25.7 Å². The largest absolute Gasteiger partial charge is 0.272 e. The highest BCUT2D eigenvalue weighted by atomic mass is 16.2. The average Bonchev–Trinajstić information content (AvgIpc) is 2.87. The molecule has 1 fully saturated rings. The van der Waals surface area contributed by atoms with Gasteiger partial charge < -0.3 is 0 Å². The third-order valence-corrected chi connectivity index (χ3v) is 5.73. The molecule has 4 aliphatic rings. The molecule has 6 rings (SSSR count). The Morgan fingerprint density at radius 1 is 0.760 bits per heavy atom. The van der Waals surface area contributed by atoms with Gasteiger partial charge in [-0.25, -0.2) is 0 Å². The third-order valence-electron chi connectivity index (χ3n) is 5.73. The minimum absolute atomic E-state index is 0.0591. The lowest BCUT2D eigenvalue weighted by atomic mass is 9.55. The monoisotopic (exact) mass is 330 g/mol. The summed E-state index contributed by atoms with van der Waals surface area (Å²) in [6, 6.07) is 16.5. The molecule has 4 heteroatoms. The van der Waals surface area contributed by atoms with Crippen LogP contribution in [0.4, 0.5) is 0 Å². The van der Waals surface area contributed by atoms with Crippen LogP contribution in [0.15, 0.2) is 53.6 Å². The highest BCUT2D eigenvalue weighted by Crippen LogP contribution is 2.60. The van der Waals surface area contributed by atoms with Gasteiger partial charge in [-0.05, 0) is 36.1 Å². The van der Waals surface area contributed by atoms with Crippen molar-refractivity contribution in [3.8, 4) is 0 Å². The Labute approximate surface area is 146 Å². The van der Waals surface area contributed by atoms with Gasteiger partial charge >= 0.3 is 0 Å². The average molecular weight is 330 g/mol. The van der Waals surface area contributed by atoms with Crippen molar-refractivity contribution in [2.24, 2.45) is 16.9 Å². The highest BCUT2D eigenvalue weighted by Gasteiger charge is 2.61. The number of amides is 2. The van der Waals surface area contributed by atoms with E-state index in [1.165, 1.54) is 22.3 Å². The molecule has 1 heterocycles. The number of carbonyl (C=O) groups is 2. The fourth-order valence-electron chi connectivity index (χ4n) is 4.96. The molecular formula is C21H18N2O2. The van der Waals surface area contributed by atoms with Crippen LogP contribution in [0.3, 0.4) is 0 Å². The van der Waals surface area contributed by atoms with Crippen LogP contribution < -0.4 is 0 Å². The zero-order valence-electron chi connectivity index (χ0n) is 14.1. The van der Waals surface area contributed by atoms with E-state index in [0.29, 0.717) is 5.71 Å². The summed E-state index contributed by atoms with van der Waals surface area (Å²) in [5.41, 5.74) is 5.46. The lowest BCUT2D eigenvalue weighted by Crippen LogP contribution is -2.41. The van der Waals surface area contributed by atoms with Gasteiger partial charge in [-0.15, -0.1) is 0 Å². The van der Waals surface area contributed by atoms with E-state index in [2.05, 4.69) is 29.4 Å². The molecule has 2 amide bonds. The predicted octanol–water partition coefficient (Wildman–Crippen LogP) is 3.27. The number of benzene rings is 2. The number of carbonyl (C=O) groups excluding carboxylic acids is 2. The van der Waals surface area contributed by atoms with E-state index in [0.717, 1.165) is 5.01 Å². The first kappa shape index (κ1) is 14.6. The predicted molar refractivity (Wildman–Crippen MR) is 94.2 cm³/mol. The summed E-state index contributed by atoms with van der Waals surface area (Å²) in [5, 5.41) is 5.36. The number of hydrogen-bond acceptors (Lipinski definition) is 3. The second-order valence-corrected chi connectivity index (χ2v) is 7.30. The summed E-state index contributed by atoms with van der Waals surface area (Å²) >= 11 is 0. The maximum Gasteiger partial charge on any atom is 0.254 e. The first-order valence-electron chi connectivity index (χ1n) is 8.67. The molecule has 25 heavy (non-hydrogen) atoms. The highest BCUT2D eigenvalue weighted by molar-refractivity contribution is 6.08. The van der Waals surface area contributed by atoms with Crippen molar-refractivity contribution in [1.82, 2.24) is 5.01 Å². The Bertz CT molecular complexity index is 842. The summed E-state index contributed by atoms with van der Waals surface area (Å²) in [5.74, 6) is -1.12. The van der Waals surface area contributed by atoms with Crippen LogP contribution in [-0.4, -0.2) is 22.5 Å². The van der Waals surface area contributed by atoms with Crippen molar-refractivity contribution < 1.29 is 9.59 Å². The maximum atomic E-state index is 13.1. The number of imide groups is 1. The van der Waals surface area contributed by atoms with Gasteiger partial charge in [0.15, 0.2) is 0 Å². The number of rotatable bonds is 1. The van der Waals surface area contributed by atoms with E-state index in [1.54, 1.807) is 13.8 Å². The van der Waals surface area contributed by atoms with Gasteiger partial charge in [0.25, 0.3) is 11.8 Å². The van der Waals surface area contributed by atoms with E-state index in [9.17, 15) is 9.59 Å². The Morgan fingerprint density at radius 3 is 1.44 bits per heavy atom. The molecule has 0 saturated carbocycles. The molecule has 1 aliphatic heterocycles. The van der Waals surface area contributed by atoms with Crippen molar-refractivity contribution in [3.63, 3.8) is 0 Å².